The van der Waals surface area contributed by atoms with Gasteiger partial charge in [0.25, 0.3) is 17.5 Å². The van der Waals surface area contributed by atoms with Crippen molar-refractivity contribution in [2.45, 2.75) is 0 Å². The van der Waals surface area contributed by atoms with E-state index in [4.69, 9.17) is 12.2 Å². The van der Waals surface area contributed by atoms with E-state index in [1.165, 1.54) is 29.2 Å². The van der Waals surface area contributed by atoms with Gasteiger partial charge in [0.05, 0.1) is 4.92 Å². The molecule has 2 aromatic rings. The van der Waals surface area contributed by atoms with Crippen molar-refractivity contribution in [3.63, 3.8) is 0 Å². The second-order valence-corrected chi connectivity index (χ2v) is 5.90. The van der Waals surface area contributed by atoms with Crippen LogP contribution in [0.4, 0.5) is 11.4 Å². The predicted molar refractivity (Wildman–Crippen MR) is 101 cm³/mol. The Kier molecular flexibility index (Phi) is 5.97. The average molecular weight is 372 g/mol. The van der Waals surface area contributed by atoms with Gasteiger partial charge in [0.15, 0.2) is 5.11 Å². The molecule has 0 aliphatic carbocycles. The SMILES string of the molecule is CN(C)C(=O)c1ccc(NC(=S)NC(=O)c2ccc([N+](=O)[O-])cc2)cc1. The number of nitro groups is 1. The van der Waals surface area contributed by atoms with Gasteiger partial charge < -0.3 is 10.2 Å². The van der Waals surface area contributed by atoms with Crippen molar-refractivity contribution in [3.8, 4) is 0 Å². The molecule has 0 atom stereocenters. The number of anilines is 1. The highest BCUT2D eigenvalue weighted by Gasteiger charge is 2.11. The van der Waals surface area contributed by atoms with Crippen LogP contribution >= 0.6 is 12.2 Å². The first-order valence-electron chi connectivity index (χ1n) is 7.46. The maximum Gasteiger partial charge on any atom is 0.269 e. The summed E-state index contributed by atoms with van der Waals surface area (Å²) < 4.78 is 0. The van der Waals surface area contributed by atoms with Crippen molar-refractivity contribution in [1.29, 1.82) is 0 Å². The van der Waals surface area contributed by atoms with Crippen LogP contribution < -0.4 is 10.6 Å². The Morgan fingerprint density at radius 3 is 2.04 bits per heavy atom. The number of nitro benzene ring substituents is 1. The van der Waals surface area contributed by atoms with Crippen molar-refractivity contribution in [2.75, 3.05) is 19.4 Å². The molecule has 2 amide bonds. The number of amides is 2. The molecule has 26 heavy (non-hydrogen) atoms. The fourth-order valence-corrected chi connectivity index (χ4v) is 2.24. The Hall–Kier alpha value is -3.33. The van der Waals surface area contributed by atoms with E-state index in [1.54, 1.807) is 38.4 Å². The summed E-state index contributed by atoms with van der Waals surface area (Å²) in [5.74, 6) is -0.609. The first-order chi connectivity index (χ1) is 12.3. The van der Waals surface area contributed by atoms with Crippen molar-refractivity contribution < 1.29 is 14.5 Å². The third kappa shape index (κ3) is 4.84. The molecule has 8 nitrogen and oxygen atoms in total. The van der Waals surface area contributed by atoms with Crippen LogP contribution in [0.5, 0.6) is 0 Å². The number of hydrogen-bond donors (Lipinski definition) is 2. The highest BCUT2D eigenvalue weighted by atomic mass is 32.1. The maximum atomic E-state index is 12.1. The highest BCUT2D eigenvalue weighted by Crippen LogP contribution is 2.13. The van der Waals surface area contributed by atoms with Gasteiger partial charge in [0.1, 0.15) is 0 Å². The molecule has 2 N–H and O–H groups in total. The molecule has 0 unspecified atom stereocenters. The number of benzene rings is 2. The predicted octanol–water partition coefficient (Wildman–Crippen LogP) is 2.42. The van der Waals surface area contributed by atoms with Gasteiger partial charge >= 0.3 is 0 Å². The fourth-order valence-electron chi connectivity index (χ4n) is 2.03. The standard InChI is InChI=1S/C17H16N4O4S/c1-20(2)16(23)12-3-7-13(8-4-12)18-17(26)19-15(22)11-5-9-14(10-6-11)21(24)25/h3-10H,1-2H3,(H2,18,19,22,26). The lowest BCUT2D eigenvalue weighted by atomic mass is 10.2. The van der Waals surface area contributed by atoms with Crippen LogP contribution in [-0.4, -0.2) is 40.8 Å². The third-order valence-electron chi connectivity index (χ3n) is 3.36. The van der Waals surface area contributed by atoms with E-state index in [0.29, 0.717) is 11.3 Å². The Morgan fingerprint density at radius 1 is 1.00 bits per heavy atom. The zero-order valence-electron chi connectivity index (χ0n) is 14.1. The zero-order valence-corrected chi connectivity index (χ0v) is 14.9. The normalized spacial score (nSPS) is 9.92. The lowest BCUT2D eigenvalue weighted by molar-refractivity contribution is -0.384. The Labute approximate surface area is 155 Å². The van der Waals surface area contributed by atoms with Gasteiger partial charge in [-0.25, -0.2) is 0 Å². The molecule has 2 rings (SSSR count). The summed E-state index contributed by atoms with van der Waals surface area (Å²) in [6, 6.07) is 11.8. The molecule has 134 valence electrons. The van der Waals surface area contributed by atoms with Gasteiger partial charge in [0.2, 0.25) is 0 Å². The van der Waals surface area contributed by atoms with Crippen molar-refractivity contribution in [3.05, 3.63) is 69.8 Å². The van der Waals surface area contributed by atoms with E-state index in [1.807, 2.05) is 0 Å². The molecule has 0 aromatic heterocycles. The molecule has 0 fully saturated rings. The molecule has 0 bridgehead atoms. The van der Waals surface area contributed by atoms with Crippen LogP contribution in [0.2, 0.25) is 0 Å². The first kappa shape index (κ1) is 19.0. The highest BCUT2D eigenvalue weighted by molar-refractivity contribution is 7.80. The van der Waals surface area contributed by atoms with Gasteiger partial charge in [0, 0.05) is 43.0 Å². The molecule has 9 heteroatoms. The number of non-ortho nitro benzene ring substituents is 1. The molecule has 0 spiro atoms. The fraction of sp³-hybridized carbons (Fsp3) is 0.118. The first-order valence-corrected chi connectivity index (χ1v) is 7.87. The third-order valence-corrected chi connectivity index (χ3v) is 3.57. The van der Waals surface area contributed by atoms with Gasteiger partial charge in [-0.05, 0) is 48.6 Å². The van der Waals surface area contributed by atoms with Crippen LogP contribution in [0.1, 0.15) is 20.7 Å². The topological polar surface area (TPSA) is 105 Å². The maximum absolute atomic E-state index is 12.1. The zero-order chi connectivity index (χ0) is 19.3. The molecule has 0 radical (unpaired) electrons. The van der Waals surface area contributed by atoms with Gasteiger partial charge in [-0.3, -0.25) is 25.0 Å². The van der Waals surface area contributed by atoms with Gasteiger partial charge in [-0.1, -0.05) is 0 Å². The van der Waals surface area contributed by atoms with Gasteiger partial charge in [-0.15, -0.1) is 0 Å². The second-order valence-electron chi connectivity index (χ2n) is 5.49. The summed E-state index contributed by atoms with van der Waals surface area (Å²) in [6.45, 7) is 0. The van der Waals surface area contributed by atoms with Crippen molar-refractivity contribution in [1.82, 2.24) is 10.2 Å². The van der Waals surface area contributed by atoms with Gasteiger partial charge in [-0.2, -0.15) is 0 Å². The van der Waals surface area contributed by atoms with Crippen molar-refractivity contribution in [2.24, 2.45) is 0 Å². The van der Waals surface area contributed by atoms with Crippen molar-refractivity contribution >= 4 is 40.5 Å². The van der Waals surface area contributed by atoms with Crippen LogP contribution in [0.3, 0.4) is 0 Å². The number of carbonyl (C=O) groups excluding carboxylic acids is 2. The number of carbonyl (C=O) groups is 2. The molecule has 0 saturated heterocycles. The molecule has 0 heterocycles. The Bertz CT molecular complexity index is 848. The van der Waals surface area contributed by atoms with Crippen LogP contribution in [0, 0.1) is 10.1 Å². The molecule has 0 saturated carbocycles. The second kappa shape index (κ2) is 8.17. The lowest BCUT2D eigenvalue weighted by Crippen LogP contribution is -2.34. The monoisotopic (exact) mass is 372 g/mol. The van der Waals surface area contributed by atoms with E-state index in [2.05, 4.69) is 10.6 Å². The quantitative estimate of drug-likeness (QED) is 0.485. The Morgan fingerprint density at radius 2 is 1.54 bits per heavy atom. The smallest absolute Gasteiger partial charge is 0.269 e. The van der Waals surface area contributed by atoms with Crippen LogP contribution in [0.15, 0.2) is 48.5 Å². The minimum Gasteiger partial charge on any atom is -0.345 e. The number of rotatable bonds is 4. The molecule has 0 aliphatic heterocycles. The van der Waals surface area contributed by atoms with E-state index >= 15 is 0 Å². The Balaban J connectivity index is 1.96. The summed E-state index contributed by atoms with van der Waals surface area (Å²) in [7, 11) is 3.33. The molecule has 2 aromatic carbocycles. The minimum atomic E-state index is -0.543. The van der Waals surface area contributed by atoms with Crippen LogP contribution in [0.25, 0.3) is 0 Å². The lowest BCUT2D eigenvalue weighted by Gasteiger charge is -2.12. The number of thiocarbonyl (C=S) groups is 1. The molecular formula is C17H16N4O4S. The number of nitrogens with one attached hydrogen (secondary N) is 2. The van der Waals surface area contributed by atoms with Crippen LogP contribution in [-0.2, 0) is 0 Å². The van der Waals surface area contributed by atoms with E-state index in [9.17, 15) is 19.7 Å². The summed E-state index contributed by atoms with van der Waals surface area (Å²) >= 11 is 5.08. The number of nitrogens with zero attached hydrogens (tertiary/aromatic N) is 2. The summed E-state index contributed by atoms with van der Waals surface area (Å²) in [4.78, 5) is 35.5. The summed E-state index contributed by atoms with van der Waals surface area (Å²) in [5.41, 5.74) is 1.27. The minimum absolute atomic E-state index is 0.0695. The van der Waals surface area contributed by atoms with E-state index in [-0.39, 0.29) is 22.3 Å². The average Bonchev–Trinajstić information content (AvgIpc) is 2.61. The summed E-state index contributed by atoms with van der Waals surface area (Å²) in [5, 5.41) is 16.0. The largest absolute Gasteiger partial charge is 0.345 e. The van der Waals surface area contributed by atoms with E-state index < -0.39 is 10.8 Å². The molecular weight excluding hydrogens is 356 g/mol. The molecule has 0 aliphatic rings. The summed E-state index contributed by atoms with van der Waals surface area (Å²) in [6.07, 6.45) is 0. The number of hydrogen-bond acceptors (Lipinski definition) is 5. The van der Waals surface area contributed by atoms with E-state index in [0.717, 1.165) is 0 Å².